The van der Waals surface area contributed by atoms with Crippen LogP contribution >= 0.6 is 24.0 Å². The summed E-state index contributed by atoms with van der Waals surface area (Å²) < 4.78 is 5.79. The Morgan fingerprint density at radius 1 is 1.21 bits per heavy atom. The summed E-state index contributed by atoms with van der Waals surface area (Å²) in [5.74, 6) is 3.28. The molecule has 2 aliphatic carbocycles. The predicted molar refractivity (Wildman–Crippen MR) is 128 cm³/mol. The number of guanidine groups is 1. The predicted octanol–water partition coefficient (Wildman–Crippen LogP) is 3.42. The van der Waals surface area contributed by atoms with Crippen LogP contribution in [0.5, 0.6) is 5.88 Å². The highest BCUT2D eigenvalue weighted by Crippen LogP contribution is 2.29. The number of aliphatic imine (C=N–C) groups is 1. The molecule has 0 bridgehead atoms. The van der Waals surface area contributed by atoms with Crippen LogP contribution in [0.25, 0.3) is 0 Å². The van der Waals surface area contributed by atoms with Gasteiger partial charge >= 0.3 is 0 Å². The highest BCUT2D eigenvalue weighted by Gasteiger charge is 2.26. The standard InChI is InChI=1S/C22H35N5O.HI/c1-23-22(26-20-9-11-27(15-20)14-17-4-2-3-5-17)25-13-19-8-10-24-21(12-19)28-16-18-6-7-18;/h8,10,12,17-18,20H,2-7,9,11,13-16H2,1H3,(H2,23,25,26);1H. The molecule has 1 unspecified atom stereocenters. The van der Waals surface area contributed by atoms with Gasteiger partial charge in [0.2, 0.25) is 5.88 Å². The van der Waals surface area contributed by atoms with Crippen molar-refractivity contribution in [2.45, 2.75) is 57.5 Å². The molecule has 6 nitrogen and oxygen atoms in total. The fourth-order valence-corrected chi connectivity index (χ4v) is 4.38. The van der Waals surface area contributed by atoms with Crippen molar-refractivity contribution in [3.05, 3.63) is 23.9 Å². The minimum Gasteiger partial charge on any atom is -0.477 e. The van der Waals surface area contributed by atoms with Gasteiger partial charge in [-0.25, -0.2) is 4.98 Å². The molecule has 162 valence electrons. The fraction of sp³-hybridized carbons (Fsp3) is 0.727. The largest absolute Gasteiger partial charge is 0.477 e. The molecule has 4 rings (SSSR count). The number of nitrogens with one attached hydrogen (secondary N) is 2. The molecular formula is C22H36IN5O. The van der Waals surface area contributed by atoms with E-state index in [4.69, 9.17) is 4.74 Å². The number of likely N-dealkylation sites (tertiary alicyclic amines) is 1. The molecule has 3 fully saturated rings. The zero-order valence-electron chi connectivity index (χ0n) is 17.6. The molecule has 0 radical (unpaired) electrons. The Hall–Kier alpha value is -1.09. The van der Waals surface area contributed by atoms with Crippen molar-refractivity contribution in [2.24, 2.45) is 16.8 Å². The number of halogens is 1. The van der Waals surface area contributed by atoms with Crippen molar-refractivity contribution in [1.82, 2.24) is 20.5 Å². The number of hydrogen-bond donors (Lipinski definition) is 2. The molecule has 1 aromatic heterocycles. The van der Waals surface area contributed by atoms with E-state index in [1.165, 1.54) is 58.0 Å². The van der Waals surface area contributed by atoms with E-state index in [9.17, 15) is 0 Å². The first kappa shape index (κ1) is 22.6. The van der Waals surface area contributed by atoms with Crippen LogP contribution < -0.4 is 15.4 Å². The van der Waals surface area contributed by atoms with Crippen LogP contribution in [0.3, 0.4) is 0 Å². The van der Waals surface area contributed by atoms with E-state index in [0.29, 0.717) is 6.04 Å². The van der Waals surface area contributed by atoms with Crippen LogP contribution in [0.1, 0.15) is 50.5 Å². The van der Waals surface area contributed by atoms with E-state index in [-0.39, 0.29) is 24.0 Å². The summed E-state index contributed by atoms with van der Waals surface area (Å²) in [7, 11) is 1.84. The monoisotopic (exact) mass is 513 g/mol. The number of hydrogen-bond acceptors (Lipinski definition) is 4. The lowest BCUT2D eigenvalue weighted by atomic mass is 10.1. The number of pyridine rings is 1. The Kier molecular flexibility index (Phi) is 8.84. The Morgan fingerprint density at radius 2 is 2.03 bits per heavy atom. The summed E-state index contributed by atoms with van der Waals surface area (Å²) in [6.07, 6.45) is 11.3. The zero-order chi connectivity index (χ0) is 19.2. The Bertz CT molecular complexity index is 660. The molecule has 2 N–H and O–H groups in total. The van der Waals surface area contributed by atoms with E-state index in [0.717, 1.165) is 48.9 Å². The SMILES string of the molecule is CN=C(NCc1ccnc(OCC2CC2)c1)NC1CCN(CC2CCCC2)C1.I. The molecule has 2 saturated carbocycles. The topological polar surface area (TPSA) is 61.8 Å². The van der Waals surface area contributed by atoms with Gasteiger partial charge in [0.05, 0.1) is 6.61 Å². The van der Waals surface area contributed by atoms with E-state index >= 15 is 0 Å². The van der Waals surface area contributed by atoms with E-state index in [2.05, 4.69) is 25.5 Å². The van der Waals surface area contributed by atoms with E-state index in [1.54, 1.807) is 0 Å². The lowest BCUT2D eigenvalue weighted by molar-refractivity contribution is 0.275. The van der Waals surface area contributed by atoms with Crippen LogP contribution in [-0.2, 0) is 6.54 Å². The quantitative estimate of drug-likeness (QED) is 0.317. The van der Waals surface area contributed by atoms with Crippen LogP contribution in [0.4, 0.5) is 0 Å². The maximum absolute atomic E-state index is 5.79. The summed E-state index contributed by atoms with van der Waals surface area (Å²) in [4.78, 5) is 11.4. The van der Waals surface area contributed by atoms with Gasteiger partial charge in [-0.1, -0.05) is 12.8 Å². The van der Waals surface area contributed by atoms with Crippen LogP contribution in [0.2, 0.25) is 0 Å². The van der Waals surface area contributed by atoms with E-state index in [1.807, 2.05) is 25.4 Å². The van der Waals surface area contributed by atoms with Crippen LogP contribution in [0, 0.1) is 11.8 Å². The third kappa shape index (κ3) is 7.27. The normalized spacial score (nSPS) is 23.1. The van der Waals surface area contributed by atoms with Crippen molar-refractivity contribution in [3.63, 3.8) is 0 Å². The summed E-state index contributed by atoms with van der Waals surface area (Å²) in [6.45, 7) is 5.14. The summed E-state index contributed by atoms with van der Waals surface area (Å²) in [6, 6.07) is 4.55. The first-order valence-corrected chi connectivity index (χ1v) is 11.1. The Morgan fingerprint density at radius 3 is 2.79 bits per heavy atom. The molecule has 29 heavy (non-hydrogen) atoms. The molecule has 0 aromatic carbocycles. The number of aromatic nitrogens is 1. The summed E-state index contributed by atoms with van der Waals surface area (Å²) in [5, 5.41) is 7.05. The van der Waals surface area contributed by atoms with Gasteiger partial charge in [-0.15, -0.1) is 24.0 Å². The summed E-state index contributed by atoms with van der Waals surface area (Å²) >= 11 is 0. The maximum atomic E-state index is 5.79. The first-order chi connectivity index (χ1) is 13.8. The molecule has 2 heterocycles. The second kappa shape index (κ2) is 11.3. The molecule has 1 saturated heterocycles. The summed E-state index contributed by atoms with van der Waals surface area (Å²) in [5.41, 5.74) is 1.16. The molecule has 1 aliphatic heterocycles. The van der Waals surface area contributed by atoms with Gasteiger partial charge in [0.1, 0.15) is 0 Å². The number of nitrogens with zero attached hydrogens (tertiary/aromatic N) is 3. The maximum Gasteiger partial charge on any atom is 0.213 e. The van der Waals surface area contributed by atoms with Gasteiger partial charge < -0.3 is 20.3 Å². The Balaban J connectivity index is 0.00000240. The fourth-order valence-electron chi connectivity index (χ4n) is 4.38. The zero-order valence-corrected chi connectivity index (χ0v) is 19.9. The molecule has 0 amide bonds. The van der Waals surface area contributed by atoms with Gasteiger partial charge in [0.25, 0.3) is 0 Å². The second-order valence-corrected chi connectivity index (χ2v) is 8.72. The van der Waals surface area contributed by atoms with Crippen LogP contribution in [0.15, 0.2) is 23.3 Å². The smallest absolute Gasteiger partial charge is 0.213 e. The van der Waals surface area contributed by atoms with Crippen molar-refractivity contribution in [3.8, 4) is 5.88 Å². The minimum absolute atomic E-state index is 0. The highest BCUT2D eigenvalue weighted by atomic mass is 127. The van der Waals surface area contributed by atoms with Gasteiger partial charge in [-0.3, -0.25) is 4.99 Å². The molecule has 7 heteroatoms. The number of ether oxygens (including phenoxy) is 1. The average Bonchev–Trinajstić information content (AvgIpc) is 3.21. The lowest BCUT2D eigenvalue weighted by Gasteiger charge is -2.21. The first-order valence-electron chi connectivity index (χ1n) is 11.1. The molecule has 1 aromatic rings. The van der Waals surface area contributed by atoms with E-state index < -0.39 is 0 Å². The van der Waals surface area contributed by atoms with Crippen molar-refractivity contribution >= 4 is 29.9 Å². The third-order valence-corrected chi connectivity index (χ3v) is 6.25. The molecule has 0 spiro atoms. The lowest BCUT2D eigenvalue weighted by Crippen LogP contribution is -2.44. The average molecular weight is 513 g/mol. The van der Waals surface area contributed by atoms with Gasteiger partial charge in [0.15, 0.2) is 5.96 Å². The van der Waals surface area contributed by atoms with Crippen molar-refractivity contribution in [2.75, 3.05) is 33.3 Å². The Labute approximate surface area is 192 Å². The minimum atomic E-state index is 0. The molecule has 3 aliphatic rings. The van der Waals surface area contributed by atoms with Crippen LogP contribution in [-0.4, -0.2) is 55.2 Å². The molecular weight excluding hydrogens is 477 g/mol. The highest BCUT2D eigenvalue weighted by molar-refractivity contribution is 14.0. The number of rotatable bonds is 8. The van der Waals surface area contributed by atoms with Crippen molar-refractivity contribution < 1.29 is 4.74 Å². The van der Waals surface area contributed by atoms with Gasteiger partial charge in [-0.05, 0) is 55.6 Å². The second-order valence-electron chi connectivity index (χ2n) is 8.72. The third-order valence-electron chi connectivity index (χ3n) is 6.25. The van der Waals surface area contributed by atoms with Gasteiger partial charge in [0, 0.05) is 51.5 Å². The molecule has 1 atom stereocenters. The van der Waals surface area contributed by atoms with Crippen molar-refractivity contribution in [1.29, 1.82) is 0 Å². The van der Waals surface area contributed by atoms with Gasteiger partial charge in [-0.2, -0.15) is 0 Å².